The molecule has 1 fully saturated rings. The monoisotopic (exact) mass is 321 g/mol. The summed E-state index contributed by atoms with van der Waals surface area (Å²) in [7, 11) is 1.84. The number of esters is 1. The van der Waals surface area contributed by atoms with Gasteiger partial charge in [-0.3, -0.25) is 9.48 Å². The van der Waals surface area contributed by atoms with Gasteiger partial charge in [-0.2, -0.15) is 5.10 Å². The number of hydrogen-bond acceptors (Lipinski definition) is 5. The fourth-order valence-corrected chi connectivity index (χ4v) is 2.45. The van der Waals surface area contributed by atoms with E-state index >= 15 is 0 Å². The molecule has 0 bridgehead atoms. The van der Waals surface area contributed by atoms with Gasteiger partial charge in [0, 0.05) is 37.5 Å². The van der Waals surface area contributed by atoms with E-state index in [9.17, 15) is 9.59 Å². The van der Waals surface area contributed by atoms with Gasteiger partial charge in [0.2, 0.25) is 0 Å². The van der Waals surface area contributed by atoms with Crippen LogP contribution in [0.1, 0.15) is 29.8 Å². The molecular formula is C16H23N3O4. The Balaban J connectivity index is 1.73. The first-order valence-electron chi connectivity index (χ1n) is 7.70. The van der Waals surface area contributed by atoms with Gasteiger partial charge in [-0.05, 0) is 32.8 Å². The van der Waals surface area contributed by atoms with Crippen LogP contribution in [0.2, 0.25) is 0 Å². The van der Waals surface area contributed by atoms with E-state index in [1.807, 2.05) is 20.9 Å². The van der Waals surface area contributed by atoms with Gasteiger partial charge in [-0.1, -0.05) is 0 Å². The Hall–Kier alpha value is -2.15. The maximum Gasteiger partial charge on any atom is 0.331 e. The maximum absolute atomic E-state index is 11.7. The lowest BCUT2D eigenvalue weighted by Crippen LogP contribution is -2.34. The minimum Gasteiger partial charge on any atom is -0.452 e. The van der Waals surface area contributed by atoms with Crippen LogP contribution in [0.3, 0.4) is 0 Å². The number of carbonyl (C=O) groups is 2. The molecule has 0 radical (unpaired) electrons. The molecule has 2 heterocycles. The molecule has 7 heteroatoms. The van der Waals surface area contributed by atoms with E-state index in [0.29, 0.717) is 6.54 Å². The minimum absolute atomic E-state index is 0.0751. The predicted molar refractivity (Wildman–Crippen MR) is 84.7 cm³/mol. The van der Waals surface area contributed by atoms with Crippen molar-refractivity contribution in [1.29, 1.82) is 0 Å². The fraction of sp³-hybridized carbons (Fsp3) is 0.562. The Morgan fingerprint density at radius 1 is 1.48 bits per heavy atom. The number of amides is 1. The lowest BCUT2D eigenvalue weighted by atomic mass is 10.2. The molecule has 23 heavy (non-hydrogen) atoms. The van der Waals surface area contributed by atoms with Crippen molar-refractivity contribution in [2.75, 3.05) is 19.8 Å². The van der Waals surface area contributed by atoms with Crippen LogP contribution in [0.5, 0.6) is 0 Å². The molecule has 2 rings (SSSR count). The van der Waals surface area contributed by atoms with Gasteiger partial charge in [-0.25, -0.2) is 4.79 Å². The summed E-state index contributed by atoms with van der Waals surface area (Å²) >= 11 is 0. The zero-order valence-corrected chi connectivity index (χ0v) is 13.8. The summed E-state index contributed by atoms with van der Waals surface area (Å²) in [5.74, 6) is -0.879. The van der Waals surface area contributed by atoms with E-state index in [2.05, 4.69) is 10.4 Å². The molecule has 1 N–H and O–H groups in total. The quantitative estimate of drug-likeness (QED) is 0.621. The molecule has 7 nitrogen and oxygen atoms in total. The van der Waals surface area contributed by atoms with E-state index in [1.165, 1.54) is 6.08 Å². The van der Waals surface area contributed by atoms with Gasteiger partial charge in [-0.15, -0.1) is 0 Å². The Labute approximate surface area is 135 Å². The van der Waals surface area contributed by atoms with E-state index in [1.54, 1.807) is 10.8 Å². The fourth-order valence-electron chi connectivity index (χ4n) is 2.45. The Morgan fingerprint density at radius 3 is 2.87 bits per heavy atom. The SMILES string of the molecule is Cc1nn(C)c(C)c1/C=C/C(=O)OCC(=O)NC[C@@H]1CCCO1. The molecule has 1 aromatic heterocycles. The normalized spacial score (nSPS) is 17.6. The van der Waals surface area contributed by atoms with Crippen molar-refractivity contribution in [3.63, 3.8) is 0 Å². The standard InChI is InChI=1S/C16H23N3O4/c1-11-14(12(2)19(3)18-11)6-7-16(21)23-10-15(20)17-9-13-5-4-8-22-13/h6-7,13H,4-5,8-10H2,1-3H3,(H,17,20)/b7-6+/t13-/m0/s1. The Kier molecular flexibility index (Phi) is 5.92. The highest BCUT2D eigenvalue weighted by atomic mass is 16.5. The zero-order valence-electron chi connectivity index (χ0n) is 13.8. The molecule has 0 spiro atoms. The van der Waals surface area contributed by atoms with E-state index in [4.69, 9.17) is 9.47 Å². The van der Waals surface area contributed by atoms with Crippen molar-refractivity contribution in [2.45, 2.75) is 32.8 Å². The number of rotatable bonds is 6. The van der Waals surface area contributed by atoms with Crippen LogP contribution in [0.15, 0.2) is 6.08 Å². The van der Waals surface area contributed by atoms with Crippen molar-refractivity contribution in [3.05, 3.63) is 23.0 Å². The second-order valence-corrected chi connectivity index (χ2v) is 5.59. The summed E-state index contributed by atoms with van der Waals surface area (Å²) < 4.78 is 12.1. The second kappa shape index (κ2) is 7.92. The van der Waals surface area contributed by atoms with Crippen LogP contribution in [-0.2, 0) is 26.1 Å². The molecule has 1 aromatic rings. The number of carbonyl (C=O) groups excluding carboxylic acids is 2. The number of nitrogens with one attached hydrogen (secondary N) is 1. The van der Waals surface area contributed by atoms with Gasteiger partial charge in [0.05, 0.1) is 11.8 Å². The zero-order chi connectivity index (χ0) is 16.8. The molecule has 1 aliphatic heterocycles. The third-order valence-corrected chi connectivity index (χ3v) is 3.85. The average Bonchev–Trinajstić information content (AvgIpc) is 3.11. The second-order valence-electron chi connectivity index (χ2n) is 5.59. The van der Waals surface area contributed by atoms with Crippen molar-refractivity contribution in [1.82, 2.24) is 15.1 Å². The first kappa shape index (κ1) is 17.2. The predicted octanol–water partition coefficient (Wildman–Crippen LogP) is 0.889. The number of ether oxygens (including phenoxy) is 2. The molecular weight excluding hydrogens is 298 g/mol. The molecule has 0 aromatic carbocycles. The van der Waals surface area contributed by atoms with Gasteiger partial charge in [0.25, 0.3) is 5.91 Å². The largest absolute Gasteiger partial charge is 0.452 e. The molecule has 0 aliphatic carbocycles. The number of aryl methyl sites for hydroxylation is 2. The number of hydrogen-bond donors (Lipinski definition) is 1. The number of nitrogens with zero attached hydrogens (tertiary/aromatic N) is 2. The van der Waals surface area contributed by atoms with Crippen LogP contribution >= 0.6 is 0 Å². The lowest BCUT2D eigenvalue weighted by molar-refractivity contribution is -0.143. The summed E-state index contributed by atoms with van der Waals surface area (Å²) in [4.78, 5) is 23.3. The molecule has 1 aliphatic rings. The first-order chi connectivity index (χ1) is 11.0. The highest BCUT2D eigenvalue weighted by Crippen LogP contribution is 2.13. The summed E-state index contributed by atoms with van der Waals surface area (Å²) in [5.41, 5.74) is 2.68. The van der Waals surface area contributed by atoms with Crippen molar-refractivity contribution < 1.29 is 19.1 Å². The molecule has 0 saturated carbocycles. The third-order valence-electron chi connectivity index (χ3n) is 3.85. The third kappa shape index (κ3) is 4.92. The highest BCUT2D eigenvalue weighted by molar-refractivity contribution is 5.89. The van der Waals surface area contributed by atoms with Crippen molar-refractivity contribution in [2.24, 2.45) is 7.05 Å². The van der Waals surface area contributed by atoms with Crippen LogP contribution < -0.4 is 5.32 Å². The Bertz CT molecular complexity index is 601. The summed E-state index contributed by atoms with van der Waals surface area (Å²) in [6, 6.07) is 0. The van der Waals surface area contributed by atoms with E-state index in [-0.39, 0.29) is 18.6 Å². The average molecular weight is 321 g/mol. The van der Waals surface area contributed by atoms with Gasteiger partial charge in [0.1, 0.15) is 0 Å². The molecule has 1 atom stereocenters. The topological polar surface area (TPSA) is 82.5 Å². The Morgan fingerprint density at radius 2 is 2.26 bits per heavy atom. The molecule has 1 saturated heterocycles. The van der Waals surface area contributed by atoms with Crippen LogP contribution in [0.25, 0.3) is 6.08 Å². The van der Waals surface area contributed by atoms with Crippen LogP contribution in [0.4, 0.5) is 0 Å². The lowest BCUT2D eigenvalue weighted by Gasteiger charge is -2.10. The maximum atomic E-state index is 11.7. The van der Waals surface area contributed by atoms with Crippen molar-refractivity contribution >= 4 is 18.0 Å². The van der Waals surface area contributed by atoms with E-state index in [0.717, 1.165) is 36.4 Å². The van der Waals surface area contributed by atoms with Crippen molar-refractivity contribution in [3.8, 4) is 0 Å². The summed E-state index contributed by atoms with van der Waals surface area (Å²) in [6.07, 6.45) is 5.01. The van der Waals surface area contributed by atoms with Gasteiger partial charge in [0.15, 0.2) is 6.61 Å². The van der Waals surface area contributed by atoms with Gasteiger partial charge < -0.3 is 14.8 Å². The molecule has 126 valence electrons. The molecule has 1 amide bonds. The smallest absolute Gasteiger partial charge is 0.331 e. The number of aromatic nitrogens is 2. The summed E-state index contributed by atoms with van der Waals surface area (Å²) in [5, 5.41) is 6.96. The van der Waals surface area contributed by atoms with E-state index < -0.39 is 5.97 Å². The van der Waals surface area contributed by atoms with Crippen LogP contribution in [0, 0.1) is 13.8 Å². The van der Waals surface area contributed by atoms with Gasteiger partial charge >= 0.3 is 5.97 Å². The minimum atomic E-state index is -0.556. The summed E-state index contributed by atoms with van der Waals surface area (Å²) in [6.45, 7) is 4.70. The van der Waals surface area contributed by atoms with Crippen LogP contribution in [-0.4, -0.2) is 47.5 Å². The molecule has 0 unspecified atom stereocenters. The highest BCUT2D eigenvalue weighted by Gasteiger charge is 2.16. The first-order valence-corrected chi connectivity index (χ1v) is 7.70.